The van der Waals surface area contributed by atoms with E-state index in [4.69, 9.17) is 22.1 Å². The van der Waals surface area contributed by atoms with Crippen LogP contribution in [-0.2, 0) is 20.8 Å². The van der Waals surface area contributed by atoms with Crippen molar-refractivity contribution in [2.75, 3.05) is 19.0 Å². The van der Waals surface area contributed by atoms with Gasteiger partial charge in [0, 0.05) is 16.6 Å². The fraction of sp³-hybridized carbons (Fsp3) is 0.333. The molecule has 34 heavy (non-hydrogen) atoms. The summed E-state index contributed by atoms with van der Waals surface area (Å²) in [4.78, 5) is 51.0. The van der Waals surface area contributed by atoms with Gasteiger partial charge < -0.3 is 21.1 Å². The van der Waals surface area contributed by atoms with Crippen LogP contribution in [0.4, 0.5) is 10.5 Å². The maximum atomic E-state index is 13.1. The van der Waals surface area contributed by atoms with Gasteiger partial charge in [0.25, 0.3) is 0 Å². The van der Waals surface area contributed by atoms with Crippen molar-refractivity contribution in [1.29, 1.82) is 0 Å². The van der Waals surface area contributed by atoms with Crippen molar-refractivity contribution in [2.24, 2.45) is 11.7 Å². The molecule has 0 radical (unpaired) electrons. The van der Waals surface area contributed by atoms with E-state index in [-0.39, 0.29) is 12.8 Å². The molecule has 0 saturated heterocycles. The first-order valence-electron chi connectivity index (χ1n) is 10.7. The van der Waals surface area contributed by atoms with Gasteiger partial charge in [0.05, 0.1) is 7.11 Å². The first-order valence-corrected chi connectivity index (χ1v) is 11.1. The van der Waals surface area contributed by atoms with Gasteiger partial charge in [0.2, 0.25) is 17.7 Å². The molecule has 0 aliphatic carbocycles. The molecule has 2 rings (SSSR count). The van der Waals surface area contributed by atoms with E-state index in [1.165, 1.54) is 7.11 Å². The van der Waals surface area contributed by atoms with E-state index in [1.807, 2.05) is 6.07 Å². The Bertz CT molecular complexity index is 1030. The Balaban J connectivity index is 2.15. The monoisotopic (exact) mass is 488 g/mol. The summed E-state index contributed by atoms with van der Waals surface area (Å²) in [7, 11) is 1.50. The molecule has 2 atom stereocenters. The van der Waals surface area contributed by atoms with E-state index in [1.54, 1.807) is 56.3 Å². The molecule has 9 nitrogen and oxygen atoms in total. The van der Waals surface area contributed by atoms with Gasteiger partial charge in [-0.1, -0.05) is 43.6 Å². The number of carbonyl (C=O) groups is 4. The number of hydrogen-bond donors (Lipinski definition) is 3. The smallest absolute Gasteiger partial charge is 0.325 e. The average molecular weight is 489 g/mol. The number of benzene rings is 2. The van der Waals surface area contributed by atoms with Crippen molar-refractivity contribution in [3.8, 4) is 5.75 Å². The minimum Gasteiger partial charge on any atom is -0.496 e. The Morgan fingerprint density at radius 2 is 1.79 bits per heavy atom. The standard InChI is InChI=1S/C24H29ClN4O5/c1-4-19(22(31)27-18-8-6-5-7-9-18)28-24(33)29(14-21(26)30)23(32)15(2)12-16-13-17(25)10-11-20(16)34-3/h5-11,13,15,19H,4,12,14H2,1-3H3,(H2,26,30)(H,27,31)(H,28,33). The van der Waals surface area contributed by atoms with Crippen LogP contribution in [-0.4, -0.2) is 48.3 Å². The fourth-order valence-electron chi connectivity index (χ4n) is 3.33. The number of urea groups is 1. The highest BCUT2D eigenvalue weighted by molar-refractivity contribution is 6.30. The number of nitrogens with two attached hydrogens (primary N) is 1. The summed E-state index contributed by atoms with van der Waals surface area (Å²) in [5.74, 6) is -2.12. The highest BCUT2D eigenvalue weighted by Gasteiger charge is 2.30. The maximum Gasteiger partial charge on any atom is 0.325 e. The third-order valence-electron chi connectivity index (χ3n) is 5.08. The number of amides is 5. The SMILES string of the molecule is CCC(NC(=O)N(CC(N)=O)C(=O)C(C)Cc1cc(Cl)ccc1OC)C(=O)Nc1ccccc1. The Morgan fingerprint density at radius 3 is 2.38 bits per heavy atom. The first-order chi connectivity index (χ1) is 16.2. The Labute approximate surface area is 203 Å². The molecule has 2 unspecified atom stereocenters. The molecule has 0 aliphatic rings. The molecule has 0 aliphatic heterocycles. The van der Waals surface area contributed by atoms with Crippen molar-refractivity contribution in [1.82, 2.24) is 10.2 Å². The Morgan fingerprint density at radius 1 is 1.12 bits per heavy atom. The predicted molar refractivity (Wildman–Crippen MR) is 129 cm³/mol. The summed E-state index contributed by atoms with van der Waals surface area (Å²) < 4.78 is 5.31. The third-order valence-corrected chi connectivity index (χ3v) is 5.31. The molecule has 2 aromatic rings. The zero-order valence-corrected chi connectivity index (χ0v) is 20.1. The maximum absolute atomic E-state index is 13.1. The predicted octanol–water partition coefficient (Wildman–Crippen LogP) is 2.97. The molecule has 0 fully saturated rings. The van der Waals surface area contributed by atoms with Crippen molar-refractivity contribution in [2.45, 2.75) is 32.7 Å². The molecule has 0 aromatic heterocycles. The van der Waals surface area contributed by atoms with Gasteiger partial charge in [-0.2, -0.15) is 0 Å². The number of primary amides is 1. The van der Waals surface area contributed by atoms with Crippen molar-refractivity contribution < 1.29 is 23.9 Å². The summed E-state index contributed by atoms with van der Waals surface area (Å²) >= 11 is 6.07. The number of rotatable bonds is 10. The summed E-state index contributed by atoms with van der Waals surface area (Å²) in [5, 5.41) is 5.70. The Kier molecular flexibility index (Phi) is 9.88. The van der Waals surface area contributed by atoms with Crippen LogP contribution in [0.5, 0.6) is 5.75 Å². The molecule has 0 heterocycles. The zero-order chi connectivity index (χ0) is 25.3. The number of carbonyl (C=O) groups excluding carboxylic acids is 4. The molecule has 4 N–H and O–H groups in total. The highest BCUT2D eigenvalue weighted by Crippen LogP contribution is 2.26. The van der Waals surface area contributed by atoms with E-state index < -0.39 is 42.3 Å². The molecule has 5 amide bonds. The largest absolute Gasteiger partial charge is 0.496 e. The second-order valence-electron chi connectivity index (χ2n) is 7.72. The Hall–Kier alpha value is -3.59. The number of anilines is 1. The quantitative estimate of drug-likeness (QED) is 0.473. The number of para-hydroxylation sites is 1. The molecule has 0 saturated carbocycles. The number of imide groups is 1. The van der Waals surface area contributed by atoms with Crippen LogP contribution in [0, 0.1) is 5.92 Å². The highest BCUT2D eigenvalue weighted by atomic mass is 35.5. The number of hydrogen-bond acceptors (Lipinski definition) is 5. The summed E-state index contributed by atoms with van der Waals surface area (Å²) in [6.07, 6.45) is 0.467. The average Bonchev–Trinajstić information content (AvgIpc) is 2.81. The van der Waals surface area contributed by atoms with Crippen LogP contribution < -0.4 is 21.1 Å². The molecule has 182 valence electrons. The van der Waals surface area contributed by atoms with Gasteiger partial charge in [0.15, 0.2) is 0 Å². The first kappa shape index (κ1) is 26.7. The summed E-state index contributed by atoms with van der Waals surface area (Å²) in [5.41, 5.74) is 6.52. The van der Waals surface area contributed by atoms with Gasteiger partial charge in [-0.3, -0.25) is 19.3 Å². The number of halogens is 1. The van der Waals surface area contributed by atoms with E-state index in [2.05, 4.69) is 10.6 Å². The van der Waals surface area contributed by atoms with Crippen molar-refractivity contribution in [3.05, 3.63) is 59.1 Å². The summed E-state index contributed by atoms with van der Waals surface area (Å²) in [6, 6.07) is 11.9. The molecular formula is C24H29ClN4O5. The molecule has 2 aromatic carbocycles. The lowest BCUT2D eigenvalue weighted by Gasteiger charge is -2.26. The number of nitrogens with zero attached hydrogens (tertiary/aromatic N) is 1. The second kappa shape index (κ2) is 12.6. The van der Waals surface area contributed by atoms with Gasteiger partial charge in [-0.05, 0) is 48.7 Å². The van der Waals surface area contributed by atoms with Crippen LogP contribution in [0.2, 0.25) is 5.02 Å². The van der Waals surface area contributed by atoms with E-state index in [0.29, 0.717) is 22.0 Å². The second-order valence-corrected chi connectivity index (χ2v) is 8.15. The number of methoxy groups -OCH3 is 1. The topological polar surface area (TPSA) is 131 Å². The minimum atomic E-state index is -0.931. The lowest BCUT2D eigenvalue weighted by atomic mass is 9.99. The third kappa shape index (κ3) is 7.48. The van der Waals surface area contributed by atoms with Crippen LogP contribution >= 0.6 is 11.6 Å². The van der Waals surface area contributed by atoms with Crippen LogP contribution in [0.3, 0.4) is 0 Å². The van der Waals surface area contributed by atoms with Gasteiger partial charge >= 0.3 is 6.03 Å². The van der Waals surface area contributed by atoms with E-state index in [9.17, 15) is 19.2 Å². The van der Waals surface area contributed by atoms with Crippen LogP contribution in [0.25, 0.3) is 0 Å². The zero-order valence-electron chi connectivity index (χ0n) is 19.3. The molecule has 0 spiro atoms. The summed E-state index contributed by atoms with van der Waals surface area (Å²) in [6.45, 7) is 2.70. The number of nitrogens with one attached hydrogen (secondary N) is 2. The molecule has 0 bridgehead atoms. The lowest BCUT2D eigenvalue weighted by molar-refractivity contribution is -0.135. The van der Waals surface area contributed by atoms with Crippen LogP contribution in [0.1, 0.15) is 25.8 Å². The van der Waals surface area contributed by atoms with Gasteiger partial charge in [0.1, 0.15) is 18.3 Å². The van der Waals surface area contributed by atoms with Crippen LogP contribution in [0.15, 0.2) is 48.5 Å². The lowest BCUT2D eigenvalue weighted by Crippen LogP contribution is -2.54. The van der Waals surface area contributed by atoms with Gasteiger partial charge in [-0.25, -0.2) is 4.79 Å². The fourth-order valence-corrected chi connectivity index (χ4v) is 3.52. The normalized spacial score (nSPS) is 12.2. The van der Waals surface area contributed by atoms with E-state index in [0.717, 1.165) is 4.90 Å². The molecular weight excluding hydrogens is 460 g/mol. The van der Waals surface area contributed by atoms with Gasteiger partial charge in [-0.15, -0.1) is 0 Å². The van der Waals surface area contributed by atoms with E-state index >= 15 is 0 Å². The molecule has 10 heteroatoms. The number of ether oxygens (including phenoxy) is 1. The van der Waals surface area contributed by atoms with Crippen molar-refractivity contribution in [3.63, 3.8) is 0 Å². The van der Waals surface area contributed by atoms with Crippen molar-refractivity contribution >= 4 is 41.0 Å². The minimum absolute atomic E-state index is 0.205.